The lowest BCUT2D eigenvalue weighted by atomic mass is 9.81. The van der Waals surface area contributed by atoms with E-state index in [0.717, 1.165) is 11.1 Å². The van der Waals surface area contributed by atoms with Crippen molar-refractivity contribution in [3.8, 4) is 0 Å². The summed E-state index contributed by atoms with van der Waals surface area (Å²) in [5.74, 6) is -2.15. The predicted octanol–water partition coefficient (Wildman–Crippen LogP) is 5.71. The van der Waals surface area contributed by atoms with Gasteiger partial charge in [0.2, 0.25) is 5.91 Å². The Bertz CT molecular complexity index is 1190. The molecule has 0 aromatic heterocycles. The number of carboxylic acid groups (broad SMARTS) is 1. The van der Waals surface area contributed by atoms with Crippen molar-refractivity contribution >= 4 is 44.9 Å². The standard InChI is InChI=1S/C28H38Cl2N2O5S/c1-18(2)25(17-38(36,37)19(3)4)32(26(33)16-31)28(20-11-13-22(29)14-12-20)24(9-6-10-27(34)35)21-7-5-8-23(30)15-21/h5,7-8,11-15,18-19,24-25,28H,6,9-10,16-17,31H2,1-4H3,(H,34,35)/t24-,25-,28-/m1/s1. The van der Waals surface area contributed by atoms with Crippen molar-refractivity contribution in [1.29, 1.82) is 0 Å². The monoisotopic (exact) mass is 584 g/mol. The molecule has 3 N–H and O–H groups in total. The second-order valence-corrected chi connectivity index (χ2v) is 13.6. The highest BCUT2D eigenvalue weighted by molar-refractivity contribution is 7.92. The van der Waals surface area contributed by atoms with E-state index in [-0.39, 0.29) is 24.6 Å². The minimum atomic E-state index is -3.53. The van der Waals surface area contributed by atoms with E-state index in [1.807, 2.05) is 32.0 Å². The molecule has 0 aliphatic carbocycles. The average molecular weight is 586 g/mol. The number of carbonyl (C=O) groups is 2. The van der Waals surface area contributed by atoms with Crippen LogP contribution in [0, 0.1) is 5.92 Å². The lowest BCUT2D eigenvalue weighted by molar-refractivity contribution is -0.138. The van der Waals surface area contributed by atoms with Crippen LogP contribution in [0.3, 0.4) is 0 Å². The Labute approximate surface area is 236 Å². The molecule has 2 aromatic carbocycles. The second-order valence-electron chi connectivity index (χ2n) is 10.1. The summed E-state index contributed by atoms with van der Waals surface area (Å²) in [5, 5.41) is 9.71. The summed E-state index contributed by atoms with van der Waals surface area (Å²) >= 11 is 12.6. The van der Waals surface area contributed by atoms with Crippen LogP contribution in [-0.2, 0) is 19.4 Å². The molecule has 2 aromatic rings. The van der Waals surface area contributed by atoms with E-state index in [9.17, 15) is 23.1 Å². The molecule has 7 nitrogen and oxygen atoms in total. The fraction of sp³-hybridized carbons (Fsp3) is 0.500. The van der Waals surface area contributed by atoms with Gasteiger partial charge < -0.3 is 15.7 Å². The molecule has 1 amide bonds. The van der Waals surface area contributed by atoms with Gasteiger partial charge in [0.25, 0.3) is 0 Å². The fourth-order valence-corrected chi connectivity index (χ4v) is 6.37. The Morgan fingerprint density at radius 2 is 1.61 bits per heavy atom. The number of rotatable bonds is 14. The first-order valence-electron chi connectivity index (χ1n) is 12.7. The lowest BCUT2D eigenvalue weighted by Gasteiger charge is -2.44. The number of sulfone groups is 1. The van der Waals surface area contributed by atoms with Crippen molar-refractivity contribution in [3.05, 3.63) is 69.7 Å². The molecule has 0 bridgehead atoms. The third-order valence-electron chi connectivity index (χ3n) is 6.79. The van der Waals surface area contributed by atoms with Crippen LogP contribution in [0.4, 0.5) is 0 Å². The summed E-state index contributed by atoms with van der Waals surface area (Å²) < 4.78 is 26.3. The normalized spacial score (nSPS) is 14.3. The van der Waals surface area contributed by atoms with Crippen LogP contribution in [0.2, 0.25) is 10.0 Å². The fourth-order valence-electron chi connectivity index (χ4n) is 4.64. The van der Waals surface area contributed by atoms with Gasteiger partial charge in [0.1, 0.15) is 0 Å². The molecule has 38 heavy (non-hydrogen) atoms. The van der Waals surface area contributed by atoms with Crippen LogP contribution in [0.5, 0.6) is 0 Å². The van der Waals surface area contributed by atoms with E-state index in [1.165, 1.54) is 0 Å². The molecule has 0 aliphatic heterocycles. The van der Waals surface area contributed by atoms with Gasteiger partial charge in [-0.15, -0.1) is 0 Å². The van der Waals surface area contributed by atoms with E-state index >= 15 is 0 Å². The van der Waals surface area contributed by atoms with Gasteiger partial charge in [-0.1, -0.05) is 61.3 Å². The number of carboxylic acids is 1. The predicted molar refractivity (Wildman–Crippen MR) is 153 cm³/mol. The minimum absolute atomic E-state index is 0.0510. The van der Waals surface area contributed by atoms with Crippen LogP contribution in [0.25, 0.3) is 0 Å². The molecule has 0 aliphatic rings. The van der Waals surface area contributed by atoms with Crippen molar-refractivity contribution in [2.24, 2.45) is 11.7 Å². The van der Waals surface area contributed by atoms with Crippen LogP contribution in [0.15, 0.2) is 48.5 Å². The molecule has 0 spiro atoms. The first-order valence-corrected chi connectivity index (χ1v) is 15.2. The summed E-state index contributed by atoms with van der Waals surface area (Å²) in [4.78, 5) is 26.6. The Morgan fingerprint density at radius 1 is 0.974 bits per heavy atom. The number of hydrogen-bond donors (Lipinski definition) is 2. The smallest absolute Gasteiger partial charge is 0.303 e. The van der Waals surface area contributed by atoms with Crippen LogP contribution < -0.4 is 5.73 Å². The number of hydrogen-bond acceptors (Lipinski definition) is 5. The largest absolute Gasteiger partial charge is 0.481 e. The van der Waals surface area contributed by atoms with Crippen molar-refractivity contribution in [2.45, 2.75) is 70.2 Å². The van der Waals surface area contributed by atoms with Gasteiger partial charge in [-0.25, -0.2) is 8.42 Å². The summed E-state index contributed by atoms with van der Waals surface area (Å²) in [7, 11) is -3.53. The highest BCUT2D eigenvalue weighted by Crippen LogP contribution is 2.42. The SMILES string of the molecule is CC(C)[C@@H](CS(=O)(=O)C(C)C)N(C(=O)CN)[C@H](c1ccc(Cl)cc1)[C@H](CCCC(=O)O)c1cccc(Cl)c1. The molecular weight excluding hydrogens is 547 g/mol. The van der Waals surface area contributed by atoms with Gasteiger partial charge in [-0.05, 0) is 68.0 Å². The quantitative estimate of drug-likeness (QED) is 0.293. The van der Waals surface area contributed by atoms with E-state index in [0.29, 0.717) is 22.9 Å². The highest BCUT2D eigenvalue weighted by Gasteiger charge is 2.40. The van der Waals surface area contributed by atoms with E-state index < -0.39 is 45.0 Å². The first-order chi connectivity index (χ1) is 17.8. The molecule has 0 heterocycles. The molecule has 0 saturated heterocycles. The first kappa shape index (κ1) is 32.1. The molecule has 0 radical (unpaired) electrons. The average Bonchev–Trinajstić information content (AvgIpc) is 2.84. The summed E-state index contributed by atoms with van der Waals surface area (Å²) in [6, 6.07) is 13.0. The lowest BCUT2D eigenvalue weighted by Crippen LogP contribution is -2.52. The zero-order chi connectivity index (χ0) is 28.6. The van der Waals surface area contributed by atoms with Crippen molar-refractivity contribution in [1.82, 2.24) is 4.90 Å². The van der Waals surface area contributed by atoms with Crippen molar-refractivity contribution in [3.63, 3.8) is 0 Å². The molecular formula is C28H38Cl2N2O5S. The van der Waals surface area contributed by atoms with Gasteiger partial charge in [0.15, 0.2) is 9.84 Å². The number of nitrogens with zero attached hydrogens (tertiary/aromatic N) is 1. The van der Waals surface area contributed by atoms with Gasteiger partial charge in [-0.2, -0.15) is 0 Å². The van der Waals surface area contributed by atoms with Crippen LogP contribution in [-0.4, -0.2) is 53.9 Å². The van der Waals surface area contributed by atoms with E-state index in [1.54, 1.807) is 49.1 Å². The number of aliphatic carboxylic acids is 1. The maximum atomic E-state index is 13.6. The van der Waals surface area contributed by atoms with Gasteiger partial charge in [0, 0.05) is 28.4 Å². The molecule has 10 heteroatoms. The molecule has 0 fully saturated rings. The third kappa shape index (κ3) is 8.70. The number of benzene rings is 2. The molecule has 0 unspecified atom stereocenters. The van der Waals surface area contributed by atoms with Crippen molar-refractivity contribution in [2.75, 3.05) is 12.3 Å². The third-order valence-corrected chi connectivity index (χ3v) is 9.52. The Balaban J connectivity index is 2.82. The molecule has 2 rings (SSSR count). The Kier molecular flexibility index (Phi) is 12.1. The summed E-state index contributed by atoms with van der Waals surface area (Å²) in [6.07, 6.45) is 0.707. The van der Waals surface area contributed by atoms with Crippen molar-refractivity contribution < 1.29 is 23.1 Å². The zero-order valence-electron chi connectivity index (χ0n) is 22.3. The maximum Gasteiger partial charge on any atom is 0.303 e. The number of nitrogens with two attached hydrogens (primary N) is 1. The topological polar surface area (TPSA) is 118 Å². The van der Waals surface area contributed by atoms with Gasteiger partial charge in [0.05, 0.1) is 23.6 Å². The number of amides is 1. The van der Waals surface area contributed by atoms with Crippen LogP contribution >= 0.6 is 23.2 Å². The maximum absolute atomic E-state index is 13.6. The van der Waals surface area contributed by atoms with Crippen LogP contribution in [0.1, 0.15) is 70.0 Å². The van der Waals surface area contributed by atoms with E-state index in [2.05, 4.69) is 0 Å². The highest BCUT2D eigenvalue weighted by atomic mass is 35.5. The minimum Gasteiger partial charge on any atom is -0.481 e. The molecule has 0 saturated carbocycles. The Hall–Kier alpha value is -2.13. The van der Waals surface area contributed by atoms with E-state index in [4.69, 9.17) is 28.9 Å². The zero-order valence-corrected chi connectivity index (χ0v) is 24.6. The summed E-state index contributed by atoms with van der Waals surface area (Å²) in [5.41, 5.74) is 7.47. The number of halogens is 2. The van der Waals surface area contributed by atoms with Gasteiger partial charge >= 0.3 is 5.97 Å². The molecule has 3 atom stereocenters. The molecule has 210 valence electrons. The van der Waals surface area contributed by atoms with Gasteiger partial charge in [-0.3, -0.25) is 9.59 Å². The second kappa shape index (κ2) is 14.3. The Morgan fingerprint density at radius 3 is 2.11 bits per heavy atom. The number of carbonyl (C=O) groups excluding carboxylic acids is 1. The summed E-state index contributed by atoms with van der Waals surface area (Å²) in [6.45, 7) is 6.70.